The van der Waals surface area contributed by atoms with Gasteiger partial charge in [-0.15, -0.1) is 0 Å². The van der Waals surface area contributed by atoms with E-state index in [0.717, 1.165) is 5.56 Å². The first-order valence-electron chi connectivity index (χ1n) is 5.15. The largest absolute Gasteiger partial charge is 0.478 e. The number of hydrogen-bond acceptors (Lipinski definition) is 2. The molecular formula is C14H8FNO2. The Morgan fingerprint density at radius 2 is 1.72 bits per heavy atom. The van der Waals surface area contributed by atoms with E-state index < -0.39 is 11.8 Å². The summed E-state index contributed by atoms with van der Waals surface area (Å²) in [4.78, 5) is 10.7. The van der Waals surface area contributed by atoms with Gasteiger partial charge >= 0.3 is 5.97 Å². The third-order valence-electron chi connectivity index (χ3n) is 2.55. The third-order valence-corrected chi connectivity index (χ3v) is 2.55. The lowest BCUT2D eigenvalue weighted by molar-refractivity contribution is 0.0697. The summed E-state index contributed by atoms with van der Waals surface area (Å²) in [7, 11) is 0. The summed E-state index contributed by atoms with van der Waals surface area (Å²) in [5.41, 5.74) is 1.55. The molecule has 3 nitrogen and oxygen atoms in total. The molecule has 0 aliphatic heterocycles. The SMILES string of the molecule is N#Cc1cc(-c2ccc(C(=O)O)cc2)ccc1F. The van der Waals surface area contributed by atoms with Gasteiger partial charge in [0.25, 0.3) is 0 Å². The van der Waals surface area contributed by atoms with Gasteiger partial charge < -0.3 is 5.11 Å². The van der Waals surface area contributed by atoms with Crippen LogP contribution >= 0.6 is 0 Å². The number of hydrogen-bond donors (Lipinski definition) is 1. The fourth-order valence-corrected chi connectivity index (χ4v) is 1.60. The van der Waals surface area contributed by atoms with Crippen molar-refractivity contribution in [1.29, 1.82) is 5.26 Å². The minimum absolute atomic E-state index is 0.0326. The highest BCUT2D eigenvalue weighted by Gasteiger charge is 2.06. The number of nitriles is 1. The normalized spacial score (nSPS) is 9.78. The Labute approximate surface area is 103 Å². The molecule has 0 saturated carbocycles. The van der Waals surface area contributed by atoms with Gasteiger partial charge in [0, 0.05) is 0 Å². The number of halogens is 1. The van der Waals surface area contributed by atoms with Crippen molar-refractivity contribution in [3.05, 3.63) is 59.4 Å². The molecule has 0 aliphatic carbocycles. The van der Waals surface area contributed by atoms with Crippen LogP contribution in [-0.4, -0.2) is 11.1 Å². The molecule has 0 radical (unpaired) electrons. The molecule has 1 N–H and O–H groups in total. The molecule has 0 bridgehead atoms. The average Bonchev–Trinajstić information content (AvgIpc) is 2.39. The maximum atomic E-state index is 13.2. The Bertz CT molecular complexity index is 642. The maximum absolute atomic E-state index is 13.2. The minimum atomic E-state index is -1.00. The van der Waals surface area contributed by atoms with Crippen LogP contribution in [0.1, 0.15) is 15.9 Å². The van der Waals surface area contributed by atoms with E-state index in [-0.39, 0.29) is 11.1 Å². The van der Waals surface area contributed by atoms with E-state index in [2.05, 4.69) is 0 Å². The Morgan fingerprint density at radius 1 is 1.11 bits per heavy atom. The molecule has 0 amide bonds. The van der Waals surface area contributed by atoms with Crippen LogP contribution in [0.15, 0.2) is 42.5 Å². The number of carbonyl (C=O) groups is 1. The van der Waals surface area contributed by atoms with Crippen LogP contribution < -0.4 is 0 Å². The molecule has 2 aromatic carbocycles. The summed E-state index contributed by atoms with van der Waals surface area (Å²) in [6, 6.07) is 12.1. The van der Waals surface area contributed by atoms with Crippen molar-refractivity contribution in [2.45, 2.75) is 0 Å². The van der Waals surface area contributed by atoms with Crippen LogP contribution in [0.25, 0.3) is 11.1 Å². The molecule has 88 valence electrons. The highest BCUT2D eigenvalue weighted by Crippen LogP contribution is 2.22. The van der Waals surface area contributed by atoms with Crippen molar-refractivity contribution in [3.63, 3.8) is 0 Å². The van der Waals surface area contributed by atoms with E-state index >= 15 is 0 Å². The topological polar surface area (TPSA) is 61.1 Å². The van der Waals surface area contributed by atoms with E-state index in [1.54, 1.807) is 24.3 Å². The number of carboxylic acids is 1. The zero-order valence-electron chi connectivity index (χ0n) is 9.22. The monoisotopic (exact) mass is 241 g/mol. The zero-order valence-corrected chi connectivity index (χ0v) is 9.22. The van der Waals surface area contributed by atoms with E-state index in [0.29, 0.717) is 5.56 Å². The summed E-state index contributed by atoms with van der Waals surface area (Å²) >= 11 is 0. The van der Waals surface area contributed by atoms with Crippen LogP contribution in [-0.2, 0) is 0 Å². The lowest BCUT2D eigenvalue weighted by Crippen LogP contribution is -1.95. The third kappa shape index (κ3) is 2.20. The Morgan fingerprint density at radius 3 is 2.28 bits per heavy atom. The molecule has 0 atom stereocenters. The van der Waals surface area contributed by atoms with Gasteiger partial charge in [0.2, 0.25) is 0 Å². The molecule has 2 aromatic rings. The zero-order chi connectivity index (χ0) is 13.1. The van der Waals surface area contributed by atoms with Gasteiger partial charge in [-0.1, -0.05) is 18.2 Å². The molecule has 0 unspecified atom stereocenters. The standard InChI is InChI=1S/C14H8FNO2/c15-13-6-5-11(7-12(13)8-16)9-1-3-10(4-2-9)14(17)18/h1-7H,(H,17,18). The smallest absolute Gasteiger partial charge is 0.335 e. The predicted octanol–water partition coefficient (Wildman–Crippen LogP) is 3.06. The summed E-state index contributed by atoms with van der Waals surface area (Å²) in [6.07, 6.45) is 0. The second-order valence-electron chi connectivity index (χ2n) is 3.69. The number of aromatic carboxylic acids is 1. The van der Waals surface area contributed by atoms with Crippen molar-refractivity contribution < 1.29 is 14.3 Å². The molecule has 2 rings (SSSR count). The average molecular weight is 241 g/mol. The summed E-state index contributed by atoms with van der Waals surface area (Å²) < 4.78 is 13.2. The lowest BCUT2D eigenvalue weighted by Gasteiger charge is -2.03. The molecule has 0 aromatic heterocycles. The van der Waals surface area contributed by atoms with Crippen molar-refractivity contribution in [3.8, 4) is 17.2 Å². The molecule has 0 spiro atoms. The highest BCUT2D eigenvalue weighted by atomic mass is 19.1. The first-order valence-corrected chi connectivity index (χ1v) is 5.15. The first-order chi connectivity index (χ1) is 8.61. The molecule has 0 saturated heterocycles. The Balaban J connectivity index is 2.43. The van der Waals surface area contributed by atoms with E-state index in [4.69, 9.17) is 10.4 Å². The second kappa shape index (κ2) is 4.68. The summed E-state index contributed by atoms with van der Waals surface area (Å²) in [6.45, 7) is 0. The van der Waals surface area contributed by atoms with Gasteiger partial charge in [-0.25, -0.2) is 9.18 Å². The van der Waals surface area contributed by atoms with Gasteiger partial charge in [0.15, 0.2) is 0 Å². The van der Waals surface area contributed by atoms with Gasteiger partial charge in [0.05, 0.1) is 11.1 Å². The van der Waals surface area contributed by atoms with E-state index in [1.807, 2.05) is 0 Å². The molecule has 0 fully saturated rings. The van der Waals surface area contributed by atoms with Crippen LogP contribution in [0, 0.1) is 17.1 Å². The fourth-order valence-electron chi connectivity index (χ4n) is 1.60. The summed E-state index contributed by atoms with van der Waals surface area (Å²) in [5.74, 6) is -1.57. The van der Waals surface area contributed by atoms with Gasteiger partial charge in [-0.2, -0.15) is 5.26 Å². The second-order valence-corrected chi connectivity index (χ2v) is 3.69. The summed E-state index contributed by atoms with van der Waals surface area (Å²) in [5, 5.41) is 17.5. The predicted molar refractivity (Wildman–Crippen MR) is 63.5 cm³/mol. The minimum Gasteiger partial charge on any atom is -0.478 e. The van der Waals surface area contributed by atoms with E-state index in [9.17, 15) is 9.18 Å². The van der Waals surface area contributed by atoms with Crippen LogP contribution in [0.3, 0.4) is 0 Å². The maximum Gasteiger partial charge on any atom is 0.335 e. The Kier molecular flexibility index (Phi) is 3.07. The molecule has 4 heteroatoms. The van der Waals surface area contributed by atoms with Crippen LogP contribution in [0.4, 0.5) is 4.39 Å². The molecule has 0 heterocycles. The van der Waals surface area contributed by atoms with Gasteiger partial charge in [-0.3, -0.25) is 0 Å². The number of rotatable bonds is 2. The van der Waals surface area contributed by atoms with Crippen molar-refractivity contribution in [1.82, 2.24) is 0 Å². The first kappa shape index (κ1) is 11.8. The highest BCUT2D eigenvalue weighted by molar-refractivity contribution is 5.88. The van der Waals surface area contributed by atoms with Crippen molar-refractivity contribution in [2.75, 3.05) is 0 Å². The quantitative estimate of drug-likeness (QED) is 0.878. The van der Waals surface area contributed by atoms with Crippen LogP contribution in [0.5, 0.6) is 0 Å². The van der Waals surface area contributed by atoms with Crippen LogP contribution in [0.2, 0.25) is 0 Å². The number of benzene rings is 2. The number of carboxylic acid groups (broad SMARTS) is 1. The lowest BCUT2D eigenvalue weighted by atomic mass is 10.0. The van der Waals surface area contributed by atoms with Gasteiger partial charge in [-0.05, 0) is 35.4 Å². The van der Waals surface area contributed by atoms with Crippen molar-refractivity contribution >= 4 is 5.97 Å². The fraction of sp³-hybridized carbons (Fsp3) is 0. The van der Waals surface area contributed by atoms with Crippen molar-refractivity contribution in [2.24, 2.45) is 0 Å². The number of nitrogens with zero attached hydrogens (tertiary/aromatic N) is 1. The van der Waals surface area contributed by atoms with Gasteiger partial charge in [0.1, 0.15) is 11.9 Å². The van der Waals surface area contributed by atoms with E-state index in [1.165, 1.54) is 24.3 Å². The molecule has 18 heavy (non-hydrogen) atoms. The molecular weight excluding hydrogens is 233 g/mol. The molecule has 0 aliphatic rings. The Hall–Kier alpha value is -2.67.